The molecule has 0 aromatic heterocycles. The van der Waals surface area contributed by atoms with E-state index in [0.29, 0.717) is 5.56 Å². The number of halogens is 1. The van der Waals surface area contributed by atoms with Crippen molar-refractivity contribution >= 4 is 35.4 Å². The Hall–Kier alpha value is -3.54. The van der Waals surface area contributed by atoms with Crippen LogP contribution in [0.5, 0.6) is 0 Å². The van der Waals surface area contributed by atoms with Crippen LogP contribution in [0.4, 0.5) is 10.1 Å². The Morgan fingerprint density at radius 3 is 2.69 bits per heavy atom. The third-order valence-electron chi connectivity index (χ3n) is 5.40. The number of carbonyl (C=O) groups excluding carboxylic acids is 2. The molecule has 1 N–H and O–H groups in total. The van der Waals surface area contributed by atoms with Crippen LogP contribution in [0.25, 0.3) is 11.6 Å². The average molecular weight is 435 g/mol. The maximum Gasteiger partial charge on any atom is 0.342 e. The molecule has 2 aromatic rings. The highest BCUT2D eigenvalue weighted by Gasteiger charge is 2.20. The number of amides is 1. The van der Waals surface area contributed by atoms with Gasteiger partial charge in [0.25, 0.3) is 0 Å². The van der Waals surface area contributed by atoms with Crippen LogP contribution in [0.1, 0.15) is 58.8 Å². The molecule has 0 bridgehead atoms. The number of anilines is 1. The number of nitrogens with one attached hydrogen (secondary N) is 1. The van der Waals surface area contributed by atoms with Crippen LogP contribution in [0.15, 0.2) is 47.1 Å². The molecule has 0 saturated heterocycles. The maximum atomic E-state index is 15.0. The zero-order valence-electron chi connectivity index (χ0n) is 18.8. The second-order valence-corrected chi connectivity index (χ2v) is 7.74. The monoisotopic (exact) mass is 434 g/mol. The summed E-state index contributed by atoms with van der Waals surface area (Å²) in [7, 11) is 1.17. The van der Waals surface area contributed by atoms with E-state index in [9.17, 15) is 14.0 Å². The van der Waals surface area contributed by atoms with Gasteiger partial charge in [0, 0.05) is 18.7 Å². The molecule has 0 atom stereocenters. The van der Waals surface area contributed by atoms with Crippen LogP contribution < -0.4 is 5.32 Å². The molecule has 0 spiro atoms. The summed E-state index contributed by atoms with van der Waals surface area (Å²) in [6, 6.07) is 8.88. The zero-order valence-corrected chi connectivity index (χ0v) is 18.8. The van der Waals surface area contributed by atoms with Gasteiger partial charge in [0.1, 0.15) is 11.4 Å². The number of ether oxygens (including phenoxy) is 1. The predicted molar refractivity (Wildman–Crippen MR) is 126 cm³/mol. The third-order valence-corrected chi connectivity index (χ3v) is 5.40. The first kappa shape index (κ1) is 23.1. The van der Waals surface area contributed by atoms with E-state index in [1.807, 2.05) is 44.3 Å². The fourth-order valence-corrected chi connectivity index (χ4v) is 3.65. The SMILES string of the molecule is COC(=O)c1c(F)cc(/C=C(\C2=CCCCC=N2)c2cccc(C)c2C)cc1NC(C)=O. The standard InChI is InChI=1S/C26H27FN2O3/c1-16-9-8-10-20(17(16)2)21(23-11-6-5-7-12-28-23)13-19-14-22(27)25(26(31)32-4)24(15-19)29-18(3)30/h8-15H,5-7H2,1-4H3,(H,29,30)/b21-13-. The lowest BCUT2D eigenvalue weighted by Crippen LogP contribution is -2.14. The molecular formula is C26H27FN2O3. The quantitative estimate of drug-likeness (QED) is 0.473. The molecule has 1 aliphatic heterocycles. The van der Waals surface area contributed by atoms with Gasteiger partial charge in [0.05, 0.1) is 18.5 Å². The lowest BCUT2D eigenvalue weighted by molar-refractivity contribution is -0.114. The van der Waals surface area contributed by atoms with Crippen LogP contribution in [0.3, 0.4) is 0 Å². The lowest BCUT2D eigenvalue weighted by Gasteiger charge is -2.15. The number of hydrogen-bond donors (Lipinski definition) is 1. The smallest absolute Gasteiger partial charge is 0.342 e. The second-order valence-electron chi connectivity index (χ2n) is 7.74. The number of benzene rings is 2. The minimum atomic E-state index is -0.854. The second kappa shape index (κ2) is 10.2. The van der Waals surface area contributed by atoms with Gasteiger partial charge in [0.15, 0.2) is 0 Å². The Kier molecular flexibility index (Phi) is 7.36. The van der Waals surface area contributed by atoms with Crippen molar-refractivity contribution in [2.75, 3.05) is 12.4 Å². The van der Waals surface area contributed by atoms with Gasteiger partial charge in [0.2, 0.25) is 5.91 Å². The lowest BCUT2D eigenvalue weighted by atomic mass is 9.92. The number of esters is 1. The van der Waals surface area contributed by atoms with E-state index in [4.69, 9.17) is 4.74 Å². The van der Waals surface area contributed by atoms with E-state index >= 15 is 0 Å². The van der Waals surface area contributed by atoms with Crippen molar-refractivity contribution in [2.24, 2.45) is 4.99 Å². The summed E-state index contributed by atoms with van der Waals surface area (Å²) in [5.41, 5.74) is 5.15. The molecule has 5 nitrogen and oxygen atoms in total. The Morgan fingerprint density at radius 2 is 1.97 bits per heavy atom. The van der Waals surface area contributed by atoms with Crippen molar-refractivity contribution < 1.29 is 18.7 Å². The number of carbonyl (C=O) groups is 2. The number of allylic oxidation sites excluding steroid dienone is 2. The fraction of sp³-hybridized carbons (Fsp3) is 0.269. The van der Waals surface area contributed by atoms with E-state index in [2.05, 4.69) is 16.4 Å². The summed E-state index contributed by atoms with van der Waals surface area (Å²) >= 11 is 0. The first-order chi connectivity index (χ1) is 15.3. The summed E-state index contributed by atoms with van der Waals surface area (Å²) < 4.78 is 19.7. The highest BCUT2D eigenvalue weighted by atomic mass is 19.1. The molecule has 1 amide bonds. The van der Waals surface area contributed by atoms with Crippen LogP contribution in [-0.4, -0.2) is 25.2 Å². The Balaban J connectivity index is 2.24. The Morgan fingerprint density at radius 1 is 1.19 bits per heavy atom. The van der Waals surface area contributed by atoms with E-state index in [-0.39, 0.29) is 11.3 Å². The first-order valence-corrected chi connectivity index (χ1v) is 10.5. The molecule has 0 aliphatic carbocycles. The van der Waals surface area contributed by atoms with Crippen molar-refractivity contribution in [1.29, 1.82) is 0 Å². The van der Waals surface area contributed by atoms with Gasteiger partial charge in [-0.15, -0.1) is 0 Å². The van der Waals surface area contributed by atoms with E-state index < -0.39 is 17.7 Å². The van der Waals surface area contributed by atoms with E-state index in [0.717, 1.165) is 47.2 Å². The van der Waals surface area contributed by atoms with Gasteiger partial charge in [-0.1, -0.05) is 24.3 Å². The van der Waals surface area contributed by atoms with Gasteiger partial charge in [-0.2, -0.15) is 0 Å². The van der Waals surface area contributed by atoms with Gasteiger partial charge in [-0.25, -0.2) is 9.18 Å². The highest BCUT2D eigenvalue weighted by molar-refractivity contribution is 6.02. The average Bonchev–Trinajstić information content (AvgIpc) is 3.02. The minimum absolute atomic E-state index is 0.0641. The fourth-order valence-electron chi connectivity index (χ4n) is 3.65. The molecule has 1 aliphatic rings. The predicted octanol–water partition coefficient (Wildman–Crippen LogP) is 5.87. The van der Waals surface area contributed by atoms with Crippen molar-refractivity contribution in [2.45, 2.75) is 40.0 Å². The van der Waals surface area contributed by atoms with Crippen molar-refractivity contribution in [3.63, 3.8) is 0 Å². The largest absolute Gasteiger partial charge is 0.465 e. The van der Waals surface area contributed by atoms with E-state index in [1.54, 1.807) is 6.07 Å². The van der Waals surface area contributed by atoms with E-state index in [1.165, 1.54) is 20.1 Å². The molecule has 0 radical (unpaired) electrons. The normalized spacial score (nSPS) is 13.9. The number of nitrogens with zero attached hydrogens (tertiary/aromatic N) is 1. The number of rotatable bonds is 5. The van der Waals surface area contributed by atoms with Crippen LogP contribution in [0.2, 0.25) is 0 Å². The topological polar surface area (TPSA) is 67.8 Å². The molecule has 0 saturated carbocycles. The molecule has 1 heterocycles. The molecule has 32 heavy (non-hydrogen) atoms. The van der Waals surface area contributed by atoms with Crippen LogP contribution in [0, 0.1) is 19.7 Å². The summed E-state index contributed by atoms with van der Waals surface area (Å²) in [5.74, 6) is -2.04. The highest BCUT2D eigenvalue weighted by Crippen LogP contribution is 2.33. The molecule has 6 heteroatoms. The molecule has 166 valence electrons. The van der Waals surface area contributed by atoms with Crippen molar-refractivity contribution in [3.8, 4) is 0 Å². The minimum Gasteiger partial charge on any atom is -0.465 e. The van der Waals surface area contributed by atoms with Crippen LogP contribution >= 0.6 is 0 Å². The Bertz CT molecular complexity index is 1150. The number of hydrogen-bond acceptors (Lipinski definition) is 4. The Labute approximate surface area is 187 Å². The van der Waals surface area contributed by atoms with Crippen LogP contribution in [-0.2, 0) is 9.53 Å². The van der Waals surface area contributed by atoms with Gasteiger partial charge in [-0.3, -0.25) is 9.79 Å². The summed E-state index contributed by atoms with van der Waals surface area (Å²) in [6.07, 6.45) is 8.64. The molecule has 0 unspecified atom stereocenters. The van der Waals surface area contributed by atoms with Gasteiger partial charge < -0.3 is 10.1 Å². The van der Waals surface area contributed by atoms with Crippen molar-refractivity contribution in [3.05, 3.63) is 75.7 Å². The van der Waals surface area contributed by atoms with Gasteiger partial charge >= 0.3 is 5.97 Å². The number of aliphatic imine (C=N–C) groups is 1. The third kappa shape index (κ3) is 5.19. The summed E-state index contributed by atoms with van der Waals surface area (Å²) in [6.45, 7) is 5.39. The summed E-state index contributed by atoms with van der Waals surface area (Å²) in [5, 5.41) is 2.54. The number of aryl methyl sites for hydroxylation is 1. The molecule has 3 rings (SSSR count). The maximum absolute atomic E-state index is 15.0. The van der Waals surface area contributed by atoms with Crippen molar-refractivity contribution in [1.82, 2.24) is 0 Å². The number of methoxy groups -OCH3 is 1. The van der Waals surface area contributed by atoms with Gasteiger partial charge in [-0.05, 0) is 73.6 Å². The zero-order chi connectivity index (χ0) is 23.3. The molecular weight excluding hydrogens is 407 g/mol. The summed E-state index contributed by atoms with van der Waals surface area (Å²) in [4.78, 5) is 28.4. The molecule has 2 aromatic carbocycles. The first-order valence-electron chi connectivity index (χ1n) is 10.5. The molecule has 0 fully saturated rings.